The van der Waals surface area contributed by atoms with Crippen LogP contribution >= 0.6 is 0 Å². The number of hydrogen-bond donors (Lipinski definition) is 1. The minimum absolute atomic E-state index is 0.141. The molecule has 0 heterocycles. The number of aliphatic hydroxyl groups excluding tert-OH is 1. The van der Waals surface area contributed by atoms with E-state index in [1.165, 1.54) is 38.5 Å². The molecule has 0 fully saturated rings. The van der Waals surface area contributed by atoms with E-state index in [1.54, 1.807) is 0 Å². The van der Waals surface area contributed by atoms with Crippen LogP contribution in [0.5, 0.6) is 0 Å². The van der Waals surface area contributed by atoms with E-state index in [4.69, 9.17) is 28.4 Å². The first-order chi connectivity index (χ1) is 30.0. The van der Waals surface area contributed by atoms with Crippen LogP contribution in [0.2, 0.25) is 0 Å². The van der Waals surface area contributed by atoms with E-state index in [0.717, 1.165) is 128 Å². The molecule has 10 nitrogen and oxygen atoms in total. The Hall–Kier alpha value is -1.30. The Morgan fingerprint density at radius 3 is 1.24 bits per heavy atom. The summed E-state index contributed by atoms with van der Waals surface area (Å²) in [7, 11) is 0. The lowest BCUT2D eigenvalue weighted by molar-refractivity contribution is -0.163. The maximum atomic E-state index is 12.6. The fourth-order valence-corrected chi connectivity index (χ4v) is 7.48. The van der Waals surface area contributed by atoms with Gasteiger partial charge in [0, 0.05) is 58.7 Å². The van der Waals surface area contributed by atoms with Crippen molar-refractivity contribution in [2.75, 3.05) is 65.9 Å². The van der Waals surface area contributed by atoms with E-state index >= 15 is 0 Å². The predicted octanol–water partition coefficient (Wildman–Crippen LogP) is 12.9. The number of carbonyl (C=O) groups excluding carboxylic acids is 2. The second-order valence-electron chi connectivity index (χ2n) is 19.1. The molecule has 1 N–H and O–H groups in total. The Morgan fingerprint density at radius 2 is 0.823 bits per heavy atom. The molecule has 0 aliphatic heterocycles. The van der Waals surface area contributed by atoms with Gasteiger partial charge in [0.2, 0.25) is 0 Å². The first-order valence-corrected chi connectivity index (χ1v) is 26.1. The first kappa shape index (κ1) is 60.7. The molecule has 0 saturated heterocycles. The summed E-state index contributed by atoms with van der Waals surface area (Å²) in [6, 6.07) is 0. The average Bonchev–Trinajstić information content (AvgIpc) is 3.22. The third-order valence-corrected chi connectivity index (χ3v) is 11.7. The van der Waals surface area contributed by atoms with Crippen molar-refractivity contribution >= 4 is 11.9 Å². The molecule has 0 aromatic heterocycles. The number of rotatable bonds is 48. The van der Waals surface area contributed by atoms with Crippen LogP contribution in [-0.4, -0.2) is 100 Å². The van der Waals surface area contributed by atoms with E-state index in [0.29, 0.717) is 83.7 Å². The SMILES string of the molecule is CCCCCOC(CCOC(=O)CCCCCCCN(CCO)CCCCCC(=O)OCCC(OCCC(C)CCCC(C)C)OCCC(C)CCCC(C)C)OCCCCC. The Kier molecular flexibility index (Phi) is 43.9. The van der Waals surface area contributed by atoms with E-state index in [-0.39, 0.29) is 31.1 Å². The zero-order valence-electron chi connectivity index (χ0n) is 42.1. The maximum Gasteiger partial charge on any atom is 0.305 e. The number of ether oxygens (including phenoxy) is 6. The fraction of sp³-hybridized carbons (Fsp3) is 0.962. The molecule has 0 saturated carbocycles. The van der Waals surface area contributed by atoms with Crippen molar-refractivity contribution in [2.24, 2.45) is 23.7 Å². The van der Waals surface area contributed by atoms with Crippen LogP contribution in [-0.2, 0) is 38.0 Å². The molecular formula is C52H103NO9. The van der Waals surface area contributed by atoms with Crippen LogP contribution < -0.4 is 0 Å². The van der Waals surface area contributed by atoms with Gasteiger partial charge in [-0.15, -0.1) is 0 Å². The van der Waals surface area contributed by atoms with Crippen LogP contribution in [0.3, 0.4) is 0 Å². The van der Waals surface area contributed by atoms with E-state index in [1.807, 2.05) is 0 Å². The number of esters is 2. The van der Waals surface area contributed by atoms with Crippen molar-refractivity contribution in [3.05, 3.63) is 0 Å². The molecule has 0 rings (SSSR count). The summed E-state index contributed by atoms with van der Waals surface area (Å²) in [6.07, 6.45) is 25.4. The molecule has 0 aromatic carbocycles. The monoisotopic (exact) mass is 886 g/mol. The Morgan fingerprint density at radius 1 is 0.419 bits per heavy atom. The van der Waals surface area contributed by atoms with Crippen LogP contribution in [0.15, 0.2) is 0 Å². The highest BCUT2D eigenvalue weighted by atomic mass is 16.7. The van der Waals surface area contributed by atoms with Gasteiger partial charge < -0.3 is 38.4 Å². The fourth-order valence-electron chi connectivity index (χ4n) is 7.48. The molecule has 62 heavy (non-hydrogen) atoms. The second kappa shape index (κ2) is 44.9. The van der Waals surface area contributed by atoms with Crippen LogP contribution in [0.25, 0.3) is 0 Å². The zero-order valence-corrected chi connectivity index (χ0v) is 42.1. The van der Waals surface area contributed by atoms with E-state index in [9.17, 15) is 14.7 Å². The van der Waals surface area contributed by atoms with Crippen LogP contribution in [0.1, 0.15) is 222 Å². The van der Waals surface area contributed by atoms with Gasteiger partial charge in [0.15, 0.2) is 12.6 Å². The Labute approximate surface area is 383 Å². The summed E-state index contributed by atoms with van der Waals surface area (Å²) >= 11 is 0. The van der Waals surface area contributed by atoms with Crippen molar-refractivity contribution in [1.29, 1.82) is 0 Å². The lowest BCUT2D eigenvalue weighted by Crippen LogP contribution is -2.29. The van der Waals surface area contributed by atoms with Crippen LogP contribution in [0, 0.1) is 23.7 Å². The first-order valence-electron chi connectivity index (χ1n) is 26.1. The summed E-state index contributed by atoms with van der Waals surface area (Å²) < 4.78 is 35.4. The molecule has 2 unspecified atom stereocenters. The second-order valence-corrected chi connectivity index (χ2v) is 19.1. The van der Waals surface area contributed by atoms with Gasteiger partial charge in [0.25, 0.3) is 0 Å². The highest BCUT2D eigenvalue weighted by molar-refractivity contribution is 5.69. The molecule has 0 bridgehead atoms. The largest absolute Gasteiger partial charge is 0.465 e. The molecule has 10 heteroatoms. The van der Waals surface area contributed by atoms with Gasteiger partial charge in [-0.1, -0.05) is 145 Å². The number of carbonyl (C=O) groups is 2. The van der Waals surface area contributed by atoms with Gasteiger partial charge in [-0.25, -0.2) is 0 Å². The summed E-state index contributed by atoms with van der Waals surface area (Å²) in [5, 5.41) is 9.63. The lowest BCUT2D eigenvalue weighted by Gasteiger charge is -2.21. The minimum atomic E-state index is -0.343. The highest BCUT2D eigenvalue weighted by Crippen LogP contribution is 2.19. The highest BCUT2D eigenvalue weighted by Gasteiger charge is 2.15. The predicted molar refractivity (Wildman–Crippen MR) is 256 cm³/mol. The number of unbranched alkanes of at least 4 members (excludes halogenated alkanes) is 10. The van der Waals surface area contributed by atoms with Gasteiger partial charge in [-0.05, 0) is 88.1 Å². The number of aliphatic hydroxyl groups is 1. The summed E-state index contributed by atoms with van der Waals surface area (Å²) in [6.45, 7) is 24.2. The van der Waals surface area contributed by atoms with Crippen molar-refractivity contribution in [1.82, 2.24) is 4.90 Å². The van der Waals surface area contributed by atoms with Crippen molar-refractivity contribution < 1.29 is 43.1 Å². The molecular weight excluding hydrogens is 783 g/mol. The van der Waals surface area contributed by atoms with Gasteiger partial charge in [0.1, 0.15) is 0 Å². The molecule has 0 aromatic rings. The van der Waals surface area contributed by atoms with Crippen molar-refractivity contribution in [2.45, 2.75) is 235 Å². The van der Waals surface area contributed by atoms with E-state index < -0.39 is 0 Å². The molecule has 0 aliphatic rings. The summed E-state index contributed by atoms with van der Waals surface area (Å²) in [4.78, 5) is 27.3. The van der Waals surface area contributed by atoms with Crippen LogP contribution in [0.4, 0.5) is 0 Å². The quantitative estimate of drug-likeness (QED) is 0.0360. The zero-order chi connectivity index (χ0) is 45.9. The Bertz CT molecular complexity index is 929. The van der Waals surface area contributed by atoms with Crippen molar-refractivity contribution in [3.63, 3.8) is 0 Å². The van der Waals surface area contributed by atoms with Crippen molar-refractivity contribution in [3.8, 4) is 0 Å². The third-order valence-electron chi connectivity index (χ3n) is 11.7. The smallest absolute Gasteiger partial charge is 0.305 e. The van der Waals surface area contributed by atoms with Gasteiger partial charge >= 0.3 is 11.9 Å². The minimum Gasteiger partial charge on any atom is -0.465 e. The average molecular weight is 886 g/mol. The molecule has 0 radical (unpaired) electrons. The molecule has 0 spiro atoms. The summed E-state index contributed by atoms with van der Waals surface area (Å²) in [5.41, 5.74) is 0. The van der Waals surface area contributed by atoms with Gasteiger partial charge in [0.05, 0.1) is 19.8 Å². The molecule has 0 aliphatic carbocycles. The standard InChI is InChI=1S/C52H103NO9/c1-9-11-21-39-59-51(60-40-22-12-10-2)33-43-57-49(55)29-17-14-13-15-19-35-53(37-38-54)36-20-16-18-30-50(56)58-44-34-52(61-41-31-47(7)27-23-25-45(3)4)62-42-32-48(8)28-24-26-46(5)6/h45-48,51-52,54H,9-44H2,1-8H3. The molecule has 2 atom stereocenters. The van der Waals surface area contributed by atoms with Gasteiger partial charge in [-0.3, -0.25) is 9.59 Å². The summed E-state index contributed by atoms with van der Waals surface area (Å²) in [5.74, 6) is 2.46. The normalized spacial score (nSPS) is 13.4. The number of nitrogens with zero attached hydrogens (tertiary/aromatic N) is 1. The molecule has 0 amide bonds. The van der Waals surface area contributed by atoms with E-state index in [2.05, 4.69) is 60.3 Å². The van der Waals surface area contributed by atoms with Gasteiger partial charge in [-0.2, -0.15) is 0 Å². The topological polar surface area (TPSA) is 113 Å². The Balaban J connectivity index is 4.30. The number of hydrogen-bond acceptors (Lipinski definition) is 10. The molecule has 370 valence electrons. The lowest BCUT2D eigenvalue weighted by atomic mass is 9.97. The maximum absolute atomic E-state index is 12.6. The third kappa shape index (κ3) is 42.6.